The third-order valence-electron chi connectivity index (χ3n) is 3.11. The number of nitrogens with zero attached hydrogens (tertiary/aromatic N) is 2. The van der Waals surface area contributed by atoms with Gasteiger partial charge in [0, 0.05) is 25.4 Å². The number of hydrogen-bond acceptors (Lipinski definition) is 7. The maximum absolute atomic E-state index is 11.9. The van der Waals surface area contributed by atoms with Gasteiger partial charge in [0.2, 0.25) is 5.91 Å². The number of carbonyl (C=O) groups is 1. The fourth-order valence-electron chi connectivity index (χ4n) is 2.04. The maximum Gasteiger partial charge on any atom is 0.304 e. The molecule has 2 heterocycles. The number of amides is 1. The zero-order valence-electron chi connectivity index (χ0n) is 11.4. The van der Waals surface area contributed by atoms with E-state index in [2.05, 4.69) is 5.32 Å². The molecule has 10 heteroatoms. The average Bonchev–Trinajstić information content (AvgIpc) is 3.04. The molecule has 1 aliphatic rings. The summed E-state index contributed by atoms with van der Waals surface area (Å²) >= 11 is 0.768. The van der Waals surface area contributed by atoms with Crippen molar-refractivity contribution in [3.05, 3.63) is 16.2 Å². The first-order chi connectivity index (χ1) is 9.79. The lowest BCUT2D eigenvalue weighted by molar-refractivity contribution is -0.383. The van der Waals surface area contributed by atoms with Crippen LogP contribution >= 0.6 is 11.3 Å². The van der Waals surface area contributed by atoms with Crippen molar-refractivity contribution < 1.29 is 18.1 Å². The van der Waals surface area contributed by atoms with E-state index in [0.717, 1.165) is 36.5 Å². The third-order valence-corrected chi connectivity index (χ3v) is 5.99. The van der Waals surface area contributed by atoms with Crippen molar-refractivity contribution in [2.24, 2.45) is 0 Å². The molecule has 1 aromatic rings. The number of sulfone groups is 1. The fourth-order valence-corrected chi connectivity index (χ4v) is 3.97. The first-order valence-corrected chi connectivity index (χ1v) is 9.00. The van der Waals surface area contributed by atoms with E-state index in [0.29, 0.717) is 13.1 Å². The largest absolute Gasteiger partial charge is 0.362 e. The van der Waals surface area contributed by atoms with Gasteiger partial charge in [-0.1, -0.05) is 11.3 Å². The minimum atomic E-state index is -3.51. The average molecular weight is 333 g/mol. The number of thiophene rings is 1. The molecule has 1 N–H and O–H groups in total. The lowest BCUT2D eigenvalue weighted by Gasteiger charge is -2.15. The topological polar surface area (TPSA) is 110 Å². The molecule has 0 aromatic carbocycles. The van der Waals surface area contributed by atoms with Crippen LogP contribution < -0.4 is 5.32 Å². The van der Waals surface area contributed by atoms with Gasteiger partial charge in [0.25, 0.3) is 0 Å². The Morgan fingerprint density at radius 3 is 2.62 bits per heavy atom. The summed E-state index contributed by atoms with van der Waals surface area (Å²) in [6.07, 6.45) is 2.91. The number of likely N-dealkylation sites (tertiary alicyclic amines) is 1. The van der Waals surface area contributed by atoms with Gasteiger partial charge < -0.3 is 10.2 Å². The van der Waals surface area contributed by atoms with Gasteiger partial charge in [-0.3, -0.25) is 14.9 Å². The molecule has 1 amide bonds. The van der Waals surface area contributed by atoms with Gasteiger partial charge in [-0.25, -0.2) is 8.42 Å². The molecule has 0 atom stereocenters. The van der Waals surface area contributed by atoms with E-state index in [4.69, 9.17) is 0 Å². The number of carbonyl (C=O) groups excluding carboxylic acids is 1. The molecule has 116 valence electrons. The second-order valence-corrected chi connectivity index (χ2v) is 8.05. The molecule has 1 saturated heterocycles. The Kier molecular flexibility index (Phi) is 4.47. The van der Waals surface area contributed by atoms with Crippen molar-refractivity contribution in [3.8, 4) is 0 Å². The lowest BCUT2D eigenvalue weighted by Crippen LogP contribution is -2.32. The van der Waals surface area contributed by atoms with Gasteiger partial charge in [0.1, 0.15) is 4.21 Å². The zero-order chi connectivity index (χ0) is 15.6. The number of anilines is 1. The van der Waals surface area contributed by atoms with Crippen LogP contribution in [0.1, 0.15) is 12.8 Å². The van der Waals surface area contributed by atoms with Crippen molar-refractivity contribution in [1.82, 2.24) is 4.90 Å². The molecule has 8 nitrogen and oxygen atoms in total. The predicted molar refractivity (Wildman–Crippen MR) is 78.4 cm³/mol. The predicted octanol–water partition coefficient (Wildman–Crippen LogP) is 1.09. The Hall–Kier alpha value is -1.68. The fraction of sp³-hybridized carbons (Fsp3) is 0.545. The quantitative estimate of drug-likeness (QED) is 0.638. The van der Waals surface area contributed by atoms with Crippen molar-refractivity contribution >= 4 is 37.8 Å². The molecule has 1 aliphatic heterocycles. The number of nitro groups is 1. The summed E-state index contributed by atoms with van der Waals surface area (Å²) in [4.78, 5) is 23.9. The highest BCUT2D eigenvalue weighted by atomic mass is 32.2. The summed E-state index contributed by atoms with van der Waals surface area (Å²) in [6.45, 7) is 1.31. The molecule has 0 unspecified atom stereocenters. The Bertz CT molecular complexity index is 661. The molecular weight excluding hydrogens is 318 g/mol. The van der Waals surface area contributed by atoms with Gasteiger partial charge in [0.15, 0.2) is 14.8 Å². The molecule has 0 spiro atoms. The Labute approximate surface area is 125 Å². The van der Waals surface area contributed by atoms with E-state index in [9.17, 15) is 23.3 Å². The lowest BCUT2D eigenvalue weighted by atomic mass is 10.4. The first-order valence-electron chi connectivity index (χ1n) is 6.29. The van der Waals surface area contributed by atoms with Crippen LogP contribution in [-0.2, 0) is 14.6 Å². The van der Waals surface area contributed by atoms with Crippen molar-refractivity contribution in [1.29, 1.82) is 0 Å². The van der Waals surface area contributed by atoms with Crippen molar-refractivity contribution in [3.63, 3.8) is 0 Å². The molecule has 21 heavy (non-hydrogen) atoms. The van der Waals surface area contributed by atoms with Crippen LogP contribution in [0, 0.1) is 10.1 Å². The molecule has 0 radical (unpaired) electrons. The smallest absolute Gasteiger partial charge is 0.304 e. The van der Waals surface area contributed by atoms with E-state index in [1.807, 2.05) is 0 Å². The number of hydrogen-bond donors (Lipinski definition) is 1. The molecule has 1 aromatic heterocycles. The molecule has 0 saturated carbocycles. The molecule has 0 aliphatic carbocycles. The van der Waals surface area contributed by atoms with Crippen LogP contribution in [0.2, 0.25) is 0 Å². The minimum Gasteiger partial charge on any atom is -0.362 e. The molecule has 1 fully saturated rings. The highest BCUT2D eigenvalue weighted by Crippen LogP contribution is 2.36. The van der Waals surface area contributed by atoms with Crippen LogP contribution in [0.15, 0.2) is 10.3 Å². The number of rotatable bonds is 5. The van der Waals surface area contributed by atoms with Gasteiger partial charge in [-0.05, 0) is 12.8 Å². The van der Waals surface area contributed by atoms with Gasteiger partial charge >= 0.3 is 5.69 Å². The molecule has 0 bridgehead atoms. The summed E-state index contributed by atoms with van der Waals surface area (Å²) in [5.74, 6) is -0.142. The van der Waals surface area contributed by atoms with E-state index in [1.54, 1.807) is 4.90 Å². The monoisotopic (exact) mass is 333 g/mol. The van der Waals surface area contributed by atoms with Crippen molar-refractivity contribution in [2.45, 2.75) is 17.1 Å². The SMILES string of the molecule is CS(=O)(=O)c1cc([N+](=O)[O-])c(NCC(=O)N2CCCC2)s1. The zero-order valence-corrected chi connectivity index (χ0v) is 13.0. The van der Waals surface area contributed by atoms with Crippen molar-refractivity contribution in [2.75, 3.05) is 31.2 Å². The summed E-state index contributed by atoms with van der Waals surface area (Å²) in [7, 11) is -3.51. The van der Waals surface area contributed by atoms with Crippen LogP contribution in [0.25, 0.3) is 0 Å². The van der Waals surface area contributed by atoms with Crippen LogP contribution in [0.4, 0.5) is 10.7 Å². The highest BCUT2D eigenvalue weighted by molar-refractivity contribution is 7.92. The summed E-state index contributed by atoms with van der Waals surface area (Å²) in [5.41, 5.74) is -0.324. The van der Waals surface area contributed by atoms with Crippen LogP contribution in [0.3, 0.4) is 0 Å². The third kappa shape index (κ3) is 3.70. The Morgan fingerprint density at radius 1 is 1.48 bits per heavy atom. The Morgan fingerprint density at radius 2 is 2.10 bits per heavy atom. The number of nitrogens with one attached hydrogen (secondary N) is 1. The normalized spacial score (nSPS) is 15.2. The second-order valence-electron chi connectivity index (χ2n) is 4.75. The first kappa shape index (κ1) is 15.7. The highest BCUT2D eigenvalue weighted by Gasteiger charge is 2.25. The van der Waals surface area contributed by atoms with E-state index >= 15 is 0 Å². The molecule has 2 rings (SSSR count). The summed E-state index contributed by atoms with van der Waals surface area (Å²) in [6, 6.07) is 1.02. The minimum absolute atomic E-state index is 0.0788. The second kappa shape index (κ2) is 5.98. The van der Waals surface area contributed by atoms with Crippen LogP contribution in [-0.4, -0.2) is 50.0 Å². The van der Waals surface area contributed by atoms with Gasteiger partial charge in [-0.2, -0.15) is 0 Å². The summed E-state index contributed by atoms with van der Waals surface area (Å²) < 4.78 is 22.8. The molecular formula is C11H15N3O5S2. The van der Waals surface area contributed by atoms with E-state index in [1.165, 1.54) is 0 Å². The maximum atomic E-state index is 11.9. The van der Waals surface area contributed by atoms with E-state index in [-0.39, 0.29) is 27.3 Å². The van der Waals surface area contributed by atoms with Gasteiger partial charge in [0.05, 0.1) is 11.5 Å². The Balaban J connectivity index is 2.13. The van der Waals surface area contributed by atoms with Crippen LogP contribution in [0.5, 0.6) is 0 Å². The van der Waals surface area contributed by atoms with Gasteiger partial charge in [-0.15, -0.1) is 0 Å². The van der Waals surface area contributed by atoms with E-state index < -0.39 is 14.8 Å². The standard InChI is InChI=1S/C11H15N3O5S2/c1-21(18,19)10-6-8(14(16)17)11(20-10)12-7-9(15)13-4-2-3-5-13/h6,12H,2-5,7H2,1H3. The summed E-state index contributed by atoms with van der Waals surface area (Å²) in [5, 5.41) is 13.7.